The lowest BCUT2D eigenvalue weighted by molar-refractivity contribution is -0.138. The minimum absolute atomic E-state index is 0.123. The van der Waals surface area contributed by atoms with Crippen LogP contribution in [0.1, 0.15) is 17.3 Å². The molecule has 2 amide bonds. The summed E-state index contributed by atoms with van der Waals surface area (Å²) in [6, 6.07) is 0.515. The van der Waals surface area contributed by atoms with Crippen molar-refractivity contribution in [2.45, 2.75) is 19.1 Å². The predicted octanol–water partition coefficient (Wildman–Crippen LogP) is 0.993. The Balaban J connectivity index is 1.81. The van der Waals surface area contributed by atoms with Crippen molar-refractivity contribution < 1.29 is 22.8 Å². The van der Waals surface area contributed by atoms with Gasteiger partial charge in [-0.3, -0.25) is 9.59 Å². The SMILES string of the molecule is CC(Nc1cnnc(-c2c[nH]c3ncc(C(N)=O)cc23)n1)C(=O)NCC(F)(F)F. The minimum atomic E-state index is -4.51. The molecule has 5 N–H and O–H groups in total. The van der Waals surface area contributed by atoms with Gasteiger partial charge < -0.3 is 21.4 Å². The molecule has 0 aliphatic heterocycles. The zero-order valence-corrected chi connectivity index (χ0v) is 14.9. The van der Waals surface area contributed by atoms with Crippen LogP contribution in [0.5, 0.6) is 0 Å². The summed E-state index contributed by atoms with van der Waals surface area (Å²) < 4.78 is 36.7. The van der Waals surface area contributed by atoms with Gasteiger partial charge in [0.2, 0.25) is 11.8 Å². The van der Waals surface area contributed by atoms with Crippen LogP contribution in [0.25, 0.3) is 22.4 Å². The number of primary amides is 1. The number of carbonyl (C=O) groups is 2. The summed E-state index contributed by atoms with van der Waals surface area (Å²) in [5.74, 6) is -1.24. The number of pyridine rings is 1. The van der Waals surface area contributed by atoms with Crippen LogP contribution in [0.3, 0.4) is 0 Å². The molecule has 3 heterocycles. The van der Waals surface area contributed by atoms with E-state index in [9.17, 15) is 22.8 Å². The van der Waals surface area contributed by atoms with Crippen LogP contribution in [0, 0.1) is 0 Å². The number of rotatable bonds is 6. The largest absolute Gasteiger partial charge is 0.405 e. The summed E-state index contributed by atoms with van der Waals surface area (Å²) in [6.07, 6.45) is -0.406. The fraction of sp³-hybridized carbons (Fsp3) is 0.250. The maximum absolute atomic E-state index is 12.2. The lowest BCUT2D eigenvalue weighted by Crippen LogP contribution is -2.42. The van der Waals surface area contributed by atoms with Gasteiger partial charge in [-0.15, -0.1) is 5.10 Å². The lowest BCUT2D eigenvalue weighted by atomic mass is 10.1. The Bertz CT molecular complexity index is 1070. The molecule has 3 aromatic rings. The van der Waals surface area contributed by atoms with Crippen molar-refractivity contribution in [1.82, 2.24) is 30.5 Å². The first-order valence-corrected chi connectivity index (χ1v) is 8.22. The Morgan fingerprint density at radius 1 is 1.31 bits per heavy atom. The molecule has 0 spiro atoms. The molecule has 29 heavy (non-hydrogen) atoms. The van der Waals surface area contributed by atoms with Crippen LogP contribution in [-0.4, -0.2) is 55.7 Å². The fourth-order valence-electron chi connectivity index (χ4n) is 2.44. The van der Waals surface area contributed by atoms with Crippen molar-refractivity contribution in [3.05, 3.63) is 30.2 Å². The molecule has 1 atom stereocenters. The molecule has 0 saturated heterocycles. The third kappa shape index (κ3) is 4.75. The molecule has 0 bridgehead atoms. The number of halogens is 3. The van der Waals surface area contributed by atoms with Gasteiger partial charge in [0.15, 0.2) is 5.82 Å². The molecule has 0 aromatic carbocycles. The van der Waals surface area contributed by atoms with Gasteiger partial charge in [-0.2, -0.15) is 18.3 Å². The third-order valence-electron chi connectivity index (χ3n) is 3.84. The molecule has 0 radical (unpaired) electrons. The van der Waals surface area contributed by atoms with Crippen LogP contribution >= 0.6 is 0 Å². The summed E-state index contributed by atoms with van der Waals surface area (Å²) in [7, 11) is 0. The highest BCUT2D eigenvalue weighted by Crippen LogP contribution is 2.26. The smallest absolute Gasteiger partial charge is 0.366 e. The number of fused-ring (bicyclic) bond motifs is 1. The number of amides is 2. The molecule has 0 fully saturated rings. The van der Waals surface area contributed by atoms with Crippen LogP contribution in [-0.2, 0) is 4.79 Å². The summed E-state index contributed by atoms with van der Waals surface area (Å²) >= 11 is 0. The van der Waals surface area contributed by atoms with E-state index in [-0.39, 0.29) is 17.2 Å². The standard InChI is InChI=1S/C16H15F3N8O2/c1-7(15(29)23-6-16(17,18)19)25-11-5-24-27-14(26-11)10-4-22-13-9(10)2-8(3-21-13)12(20)28/h2-5,7H,6H2,1H3,(H2,20,28)(H,21,22)(H,23,29)(H,25,26,27). The predicted molar refractivity (Wildman–Crippen MR) is 95.6 cm³/mol. The minimum Gasteiger partial charge on any atom is -0.366 e. The number of nitrogens with two attached hydrogens (primary N) is 1. The number of nitrogens with zero attached hydrogens (tertiary/aromatic N) is 4. The molecule has 0 aliphatic rings. The van der Waals surface area contributed by atoms with E-state index in [1.807, 2.05) is 0 Å². The summed E-state index contributed by atoms with van der Waals surface area (Å²) in [4.78, 5) is 34.4. The number of hydrogen-bond acceptors (Lipinski definition) is 7. The number of alkyl halides is 3. The Morgan fingerprint density at radius 2 is 2.07 bits per heavy atom. The van der Waals surface area contributed by atoms with Gasteiger partial charge >= 0.3 is 6.18 Å². The Morgan fingerprint density at radius 3 is 2.76 bits per heavy atom. The highest BCUT2D eigenvalue weighted by molar-refractivity contribution is 5.99. The summed E-state index contributed by atoms with van der Waals surface area (Å²) in [5, 5.41) is 12.7. The molecule has 0 aliphatic carbocycles. The van der Waals surface area contributed by atoms with Crippen LogP contribution in [0.2, 0.25) is 0 Å². The maximum atomic E-state index is 12.2. The van der Waals surface area contributed by atoms with Gasteiger partial charge in [0.05, 0.1) is 11.8 Å². The van der Waals surface area contributed by atoms with E-state index in [2.05, 4.69) is 30.5 Å². The van der Waals surface area contributed by atoms with Crippen molar-refractivity contribution in [2.24, 2.45) is 5.73 Å². The summed E-state index contributed by atoms with van der Waals surface area (Å²) in [5.41, 5.74) is 6.40. The molecule has 13 heteroatoms. The van der Waals surface area contributed by atoms with Crippen molar-refractivity contribution in [3.63, 3.8) is 0 Å². The van der Waals surface area contributed by atoms with E-state index in [1.165, 1.54) is 25.4 Å². The number of H-pyrrole nitrogens is 1. The number of nitrogens with one attached hydrogen (secondary N) is 3. The molecule has 10 nitrogen and oxygen atoms in total. The third-order valence-corrected chi connectivity index (χ3v) is 3.84. The number of hydrogen-bond donors (Lipinski definition) is 4. The molecule has 3 aromatic heterocycles. The van der Waals surface area contributed by atoms with Gasteiger partial charge in [-0.05, 0) is 13.0 Å². The quantitative estimate of drug-likeness (QED) is 0.475. The zero-order valence-electron chi connectivity index (χ0n) is 14.9. The van der Waals surface area contributed by atoms with E-state index in [0.717, 1.165) is 0 Å². The van der Waals surface area contributed by atoms with Gasteiger partial charge in [-0.25, -0.2) is 9.97 Å². The van der Waals surface area contributed by atoms with E-state index in [0.29, 0.717) is 16.6 Å². The molecule has 152 valence electrons. The zero-order chi connectivity index (χ0) is 21.2. The van der Waals surface area contributed by atoms with Crippen molar-refractivity contribution >= 4 is 28.7 Å². The number of aromatic nitrogens is 5. The maximum Gasteiger partial charge on any atom is 0.405 e. The van der Waals surface area contributed by atoms with Crippen LogP contribution < -0.4 is 16.4 Å². The number of carbonyl (C=O) groups excluding carboxylic acids is 2. The second-order valence-electron chi connectivity index (χ2n) is 6.05. The van der Waals surface area contributed by atoms with Gasteiger partial charge in [0.1, 0.15) is 24.1 Å². The highest BCUT2D eigenvalue weighted by Gasteiger charge is 2.28. The molecule has 1 unspecified atom stereocenters. The monoisotopic (exact) mass is 408 g/mol. The highest BCUT2D eigenvalue weighted by atomic mass is 19.4. The fourth-order valence-corrected chi connectivity index (χ4v) is 2.44. The Labute approximate surface area is 161 Å². The first-order chi connectivity index (χ1) is 13.6. The second-order valence-corrected chi connectivity index (χ2v) is 6.05. The van der Waals surface area contributed by atoms with Crippen LogP contribution in [0.4, 0.5) is 19.0 Å². The van der Waals surface area contributed by atoms with Gasteiger partial charge in [0.25, 0.3) is 0 Å². The van der Waals surface area contributed by atoms with E-state index >= 15 is 0 Å². The van der Waals surface area contributed by atoms with Crippen molar-refractivity contribution in [1.29, 1.82) is 0 Å². The molecular formula is C16H15F3N8O2. The van der Waals surface area contributed by atoms with Crippen molar-refractivity contribution in [2.75, 3.05) is 11.9 Å². The number of anilines is 1. The average Bonchev–Trinajstić information content (AvgIpc) is 3.08. The van der Waals surface area contributed by atoms with Crippen LogP contribution in [0.15, 0.2) is 24.7 Å². The first kappa shape index (κ1) is 20.0. The van der Waals surface area contributed by atoms with E-state index in [1.54, 1.807) is 11.5 Å². The molecule has 3 rings (SSSR count). The lowest BCUT2D eigenvalue weighted by Gasteiger charge is -2.15. The normalized spacial score (nSPS) is 12.6. The Kier molecular flexibility index (Phi) is 5.30. The van der Waals surface area contributed by atoms with E-state index in [4.69, 9.17) is 5.73 Å². The van der Waals surface area contributed by atoms with Crippen molar-refractivity contribution in [3.8, 4) is 11.4 Å². The molecular weight excluding hydrogens is 393 g/mol. The number of aromatic amines is 1. The molecule has 0 saturated carbocycles. The average molecular weight is 408 g/mol. The van der Waals surface area contributed by atoms with Gasteiger partial charge in [-0.1, -0.05) is 0 Å². The second kappa shape index (κ2) is 7.69. The van der Waals surface area contributed by atoms with E-state index < -0.39 is 30.6 Å². The Hall–Kier alpha value is -3.77. The van der Waals surface area contributed by atoms with Gasteiger partial charge in [0, 0.05) is 23.3 Å². The topological polar surface area (TPSA) is 152 Å². The summed E-state index contributed by atoms with van der Waals surface area (Å²) in [6.45, 7) is -0.0576. The first-order valence-electron chi connectivity index (χ1n) is 8.22.